The summed E-state index contributed by atoms with van der Waals surface area (Å²) in [5, 5.41) is 3.58. The molecule has 0 bridgehead atoms. The number of halogens is 1. The van der Waals surface area contributed by atoms with E-state index in [4.69, 9.17) is 9.47 Å². The fourth-order valence-corrected chi connectivity index (χ4v) is 2.74. The summed E-state index contributed by atoms with van der Waals surface area (Å²) in [4.78, 5) is 0. The molecule has 0 amide bonds. The first kappa shape index (κ1) is 15.3. The van der Waals surface area contributed by atoms with Crippen LogP contribution < -0.4 is 10.1 Å². The van der Waals surface area contributed by atoms with Gasteiger partial charge in [-0.1, -0.05) is 13.0 Å². The van der Waals surface area contributed by atoms with Gasteiger partial charge in [-0.25, -0.2) is 4.39 Å². The molecule has 2 unspecified atom stereocenters. The van der Waals surface area contributed by atoms with E-state index in [0.29, 0.717) is 17.7 Å². The first-order valence-corrected chi connectivity index (χ1v) is 7.38. The van der Waals surface area contributed by atoms with Gasteiger partial charge >= 0.3 is 0 Å². The normalized spacial score (nSPS) is 22.8. The molecule has 1 fully saturated rings. The zero-order chi connectivity index (χ0) is 14.4. The fraction of sp³-hybridized carbons (Fsp3) is 0.625. The summed E-state index contributed by atoms with van der Waals surface area (Å²) < 4.78 is 24.3. The number of nitrogens with one attached hydrogen (secondary N) is 1. The van der Waals surface area contributed by atoms with Gasteiger partial charge < -0.3 is 14.8 Å². The number of hydrogen-bond donors (Lipinski definition) is 1. The number of rotatable bonds is 6. The molecule has 1 aromatic rings. The minimum Gasteiger partial charge on any atom is -0.494 e. The topological polar surface area (TPSA) is 30.5 Å². The van der Waals surface area contributed by atoms with Crippen LogP contribution in [0, 0.1) is 11.7 Å². The van der Waals surface area contributed by atoms with Gasteiger partial charge in [0.15, 0.2) is 11.6 Å². The van der Waals surface area contributed by atoms with Crippen molar-refractivity contribution in [2.75, 3.05) is 26.9 Å². The van der Waals surface area contributed by atoms with Gasteiger partial charge in [-0.3, -0.25) is 0 Å². The molecule has 1 aliphatic heterocycles. The number of ether oxygens (including phenoxy) is 2. The lowest BCUT2D eigenvalue weighted by molar-refractivity contribution is 0.0322. The molecule has 0 radical (unpaired) electrons. The number of hydrogen-bond acceptors (Lipinski definition) is 3. The standard InChI is InChI=1S/C16H24FNO2/c1-3-7-18-15-6-8-20-11-13(15)9-12-4-5-16(19-2)14(17)10-12/h4-5,10,13,15,18H,3,6-9,11H2,1-2H3. The molecule has 0 aliphatic carbocycles. The first-order chi connectivity index (χ1) is 9.74. The monoisotopic (exact) mass is 281 g/mol. The molecule has 4 heteroatoms. The van der Waals surface area contributed by atoms with Crippen molar-refractivity contribution in [3.05, 3.63) is 29.6 Å². The maximum Gasteiger partial charge on any atom is 0.165 e. The summed E-state index contributed by atoms with van der Waals surface area (Å²) in [6.07, 6.45) is 2.99. The molecule has 1 aromatic carbocycles. The third kappa shape index (κ3) is 3.93. The van der Waals surface area contributed by atoms with Crippen LogP contribution >= 0.6 is 0 Å². The molecule has 0 spiro atoms. The van der Waals surface area contributed by atoms with Gasteiger partial charge in [0.1, 0.15) is 0 Å². The van der Waals surface area contributed by atoms with Crippen molar-refractivity contribution in [3.63, 3.8) is 0 Å². The fourth-order valence-electron chi connectivity index (χ4n) is 2.74. The van der Waals surface area contributed by atoms with Crippen LogP contribution in [0.25, 0.3) is 0 Å². The van der Waals surface area contributed by atoms with E-state index >= 15 is 0 Å². The zero-order valence-electron chi connectivity index (χ0n) is 12.3. The summed E-state index contributed by atoms with van der Waals surface area (Å²) in [7, 11) is 1.48. The minimum atomic E-state index is -0.292. The second-order valence-electron chi connectivity index (χ2n) is 5.36. The van der Waals surface area contributed by atoms with E-state index in [1.807, 2.05) is 6.07 Å². The molecule has 3 nitrogen and oxygen atoms in total. The van der Waals surface area contributed by atoms with Crippen LogP contribution in [0.3, 0.4) is 0 Å². The van der Waals surface area contributed by atoms with Gasteiger partial charge in [-0.2, -0.15) is 0 Å². The Balaban J connectivity index is 2.00. The van der Waals surface area contributed by atoms with Gasteiger partial charge in [0, 0.05) is 18.6 Å². The Kier molecular flexibility index (Phi) is 5.80. The highest BCUT2D eigenvalue weighted by atomic mass is 19.1. The molecule has 2 atom stereocenters. The van der Waals surface area contributed by atoms with Gasteiger partial charge in [0.2, 0.25) is 0 Å². The van der Waals surface area contributed by atoms with E-state index in [9.17, 15) is 4.39 Å². The van der Waals surface area contributed by atoms with Crippen molar-refractivity contribution < 1.29 is 13.9 Å². The van der Waals surface area contributed by atoms with Crippen molar-refractivity contribution in [3.8, 4) is 5.75 Å². The summed E-state index contributed by atoms with van der Waals surface area (Å²) in [5.41, 5.74) is 1.00. The van der Waals surface area contributed by atoms with Crippen LogP contribution in [-0.2, 0) is 11.2 Å². The molecule has 1 heterocycles. The third-order valence-corrected chi connectivity index (χ3v) is 3.84. The Labute approximate surface area is 120 Å². The molecule has 2 rings (SSSR count). The van der Waals surface area contributed by atoms with Crippen molar-refractivity contribution >= 4 is 0 Å². The van der Waals surface area contributed by atoms with E-state index in [-0.39, 0.29) is 5.82 Å². The predicted octanol–water partition coefficient (Wildman–Crippen LogP) is 2.78. The molecule has 1 N–H and O–H groups in total. The lowest BCUT2D eigenvalue weighted by atomic mass is 9.89. The Morgan fingerprint density at radius 1 is 1.45 bits per heavy atom. The van der Waals surface area contributed by atoms with Gasteiger partial charge in [0.25, 0.3) is 0 Å². The average molecular weight is 281 g/mol. The SMILES string of the molecule is CCCNC1CCOCC1Cc1ccc(OC)c(F)c1. The molecule has 1 saturated heterocycles. The van der Waals surface area contributed by atoms with E-state index in [2.05, 4.69) is 12.2 Å². The first-order valence-electron chi connectivity index (χ1n) is 7.38. The minimum absolute atomic E-state index is 0.292. The van der Waals surface area contributed by atoms with Crippen LogP contribution in [-0.4, -0.2) is 32.9 Å². The quantitative estimate of drug-likeness (QED) is 0.869. The van der Waals surface area contributed by atoms with Crippen LogP contribution in [0.5, 0.6) is 5.75 Å². The lowest BCUT2D eigenvalue weighted by Gasteiger charge is -2.32. The molecule has 20 heavy (non-hydrogen) atoms. The third-order valence-electron chi connectivity index (χ3n) is 3.84. The second kappa shape index (κ2) is 7.60. The van der Waals surface area contributed by atoms with Crippen LogP contribution in [0.2, 0.25) is 0 Å². The van der Waals surface area contributed by atoms with Crippen LogP contribution in [0.15, 0.2) is 18.2 Å². The molecule has 1 aliphatic rings. The number of benzene rings is 1. The van der Waals surface area contributed by atoms with Crippen molar-refractivity contribution in [1.29, 1.82) is 0 Å². The van der Waals surface area contributed by atoms with Crippen LogP contribution in [0.4, 0.5) is 4.39 Å². The maximum absolute atomic E-state index is 13.7. The van der Waals surface area contributed by atoms with E-state index in [1.54, 1.807) is 12.1 Å². The van der Waals surface area contributed by atoms with Crippen molar-refractivity contribution in [1.82, 2.24) is 5.32 Å². The summed E-state index contributed by atoms with van der Waals surface area (Å²) in [5.74, 6) is 0.414. The van der Waals surface area contributed by atoms with Gasteiger partial charge in [-0.15, -0.1) is 0 Å². The summed E-state index contributed by atoms with van der Waals surface area (Å²) >= 11 is 0. The summed E-state index contributed by atoms with van der Waals surface area (Å²) in [6.45, 7) is 4.75. The average Bonchev–Trinajstić information content (AvgIpc) is 2.46. The number of methoxy groups -OCH3 is 1. The Hall–Kier alpha value is -1.13. The molecule has 0 saturated carbocycles. The highest BCUT2D eigenvalue weighted by molar-refractivity contribution is 5.29. The predicted molar refractivity (Wildman–Crippen MR) is 77.7 cm³/mol. The van der Waals surface area contributed by atoms with Crippen LogP contribution in [0.1, 0.15) is 25.3 Å². The second-order valence-corrected chi connectivity index (χ2v) is 5.36. The highest BCUT2D eigenvalue weighted by Crippen LogP contribution is 2.23. The molecule has 0 aromatic heterocycles. The van der Waals surface area contributed by atoms with E-state index < -0.39 is 0 Å². The molecule has 112 valence electrons. The van der Waals surface area contributed by atoms with Crippen molar-refractivity contribution in [2.45, 2.75) is 32.2 Å². The van der Waals surface area contributed by atoms with E-state index in [0.717, 1.165) is 44.6 Å². The largest absolute Gasteiger partial charge is 0.494 e. The zero-order valence-corrected chi connectivity index (χ0v) is 12.3. The summed E-state index contributed by atoms with van der Waals surface area (Å²) in [6, 6.07) is 5.68. The Morgan fingerprint density at radius 2 is 2.30 bits per heavy atom. The molecular weight excluding hydrogens is 257 g/mol. The van der Waals surface area contributed by atoms with Gasteiger partial charge in [0.05, 0.1) is 13.7 Å². The lowest BCUT2D eigenvalue weighted by Crippen LogP contribution is -2.44. The Bertz CT molecular complexity index is 425. The molecular formula is C16H24FNO2. The Morgan fingerprint density at radius 3 is 3.00 bits per heavy atom. The smallest absolute Gasteiger partial charge is 0.165 e. The van der Waals surface area contributed by atoms with E-state index in [1.165, 1.54) is 7.11 Å². The maximum atomic E-state index is 13.7. The highest BCUT2D eigenvalue weighted by Gasteiger charge is 2.25. The van der Waals surface area contributed by atoms with Crippen molar-refractivity contribution in [2.24, 2.45) is 5.92 Å². The van der Waals surface area contributed by atoms with Gasteiger partial charge in [-0.05, 0) is 43.5 Å².